The normalized spacial score (nSPS) is 22.0. The van der Waals surface area contributed by atoms with Crippen molar-refractivity contribution in [3.05, 3.63) is 46.1 Å². The molecule has 2 aromatic rings. The van der Waals surface area contributed by atoms with Crippen molar-refractivity contribution in [2.24, 2.45) is 5.41 Å². The van der Waals surface area contributed by atoms with Gasteiger partial charge in [-0.15, -0.1) is 23.2 Å². The van der Waals surface area contributed by atoms with E-state index in [1.165, 1.54) is 0 Å². The number of nitrogens with zero attached hydrogens (tertiary/aromatic N) is 2. The molecule has 1 saturated carbocycles. The van der Waals surface area contributed by atoms with E-state index in [9.17, 15) is 4.79 Å². The summed E-state index contributed by atoms with van der Waals surface area (Å²) in [5.74, 6) is 0.310. The first-order chi connectivity index (χ1) is 10.7. The van der Waals surface area contributed by atoms with Gasteiger partial charge in [0.2, 0.25) is 5.91 Å². The Morgan fingerprint density at radius 1 is 1.35 bits per heavy atom. The van der Waals surface area contributed by atoms with Crippen LogP contribution in [0.4, 0.5) is 5.82 Å². The molecule has 0 saturated heterocycles. The van der Waals surface area contributed by atoms with Crippen molar-refractivity contribution in [3.8, 4) is 0 Å². The number of anilines is 1. The Kier molecular flexibility index (Phi) is 4.30. The lowest BCUT2D eigenvalue weighted by atomic mass is 10.1. The van der Waals surface area contributed by atoms with Crippen LogP contribution in [-0.4, -0.2) is 20.0 Å². The Bertz CT molecular complexity index is 774. The second-order valence-corrected chi connectivity index (χ2v) is 8.02. The lowest BCUT2D eigenvalue weighted by molar-refractivity contribution is -0.120. The topological polar surface area (TPSA) is 46.9 Å². The lowest BCUT2D eigenvalue weighted by Gasteiger charge is -2.14. The van der Waals surface area contributed by atoms with Crippen LogP contribution in [0.25, 0.3) is 0 Å². The maximum atomic E-state index is 12.4. The van der Waals surface area contributed by atoms with E-state index in [0.29, 0.717) is 28.8 Å². The van der Waals surface area contributed by atoms with Crippen molar-refractivity contribution < 1.29 is 4.79 Å². The van der Waals surface area contributed by atoms with Gasteiger partial charge in [-0.2, -0.15) is 5.10 Å². The minimum absolute atomic E-state index is 0.235. The summed E-state index contributed by atoms with van der Waals surface area (Å²) >= 11 is 24.3. The smallest absolute Gasteiger partial charge is 0.234 e. The molecule has 0 unspecified atom stereocenters. The molecular formula is C15H13Cl4N3O. The monoisotopic (exact) mass is 391 g/mol. The minimum atomic E-state index is -1.02. The molecule has 0 bridgehead atoms. The second kappa shape index (κ2) is 5.85. The van der Waals surface area contributed by atoms with Crippen molar-refractivity contribution in [1.82, 2.24) is 9.78 Å². The van der Waals surface area contributed by atoms with E-state index in [-0.39, 0.29) is 5.91 Å². The minimum Gasteiger partial charge on any atom is -0.310 e. The van der Waals surface area contributed by atoms with Gasteiger partial charge in [-0.25, -0.2) is 4.68 Å². The summed E-state index contributed by atoms with van der Waals surface area (Å²) in [6.45, 7) is 2.11. The average Bonchev–Trinajstić information content (AvgIpc) is 2.81. The molecule has 1 amide bonds. The number of carbonyl (C=O) groups is 1. The zero-order valence-electron chi connectivity index (χ0n) is 12.1. The number of rotatable bonds is 4. The van der Waals surface area contributed by atoms with Crippen molar-refractivity contribution in [2.75, 3.05) is 5.32 Å². The Morgan fingerprint density at radius 2 is 2.04 bits per heavy atom. The van der Waals surface area contributed by atoms with Crippen LogP contribution >= 0.6 is 46.4 Å². The molecule has 0 radical (unpaired) electrons. The molecule has 122 valence electrons. The van der Waals surface area contributed by atoms with Gasteiger partial charge in [0.1, 0.15) is 10.2 Å². The van der Waals surface area contributed by atoms with Gasteiger partial charge >= 0.3 is 0 Å². The van der Waals surface area contributed by atoms with E-state index in [1.807, 2.05) is 12.1 Å². The molecular weight excluding hydrogens is 380 g/mol. The zero-order chi connectivity index (χ0) is 16.8. The van der Waals surface area contributed by atoms with Gasteiger partial charge in [0, 0.05) is 6.07 Å². The summed E-state index contributed by atoms with van der Waals surface area (Å²) in [5.41, 5.74) is 0.0128. The van der Waals surface area contributed by atoms with Crippen molar-refractivity contribution in [1.29, 1.82) is 0 Å². The molecule has 1 aromatic carbocycles. The van der Waals surface area contributed by atoms with Gasteiger partial charge in [0.05, 0.1) is 28.2 Å². The average molecular weight is 393 g/mol. The number of amides is 1. The van der Waals surface area contributed by atoms with Crippen molar-refractivity contribution in [3.63, 3.8) is 0 Å². The van der Waals surface area contributed by atoms with Gasteiger partial charge in [0.15, 0.2) is 0 Å². The first kappa shape index (κ1) is 16.9. The molecule has 1 heterocycles. The molecule has 1 aliphatic rings. The maximum Gasteiger partial charge on any atom is 0.234 e. The summed E-state index contributed by atoms with van der Waals surface area (Å²) in [6.07, 6.45) is 2.02. The zero-order valence-corrected chi connectivity index (χ0v) is 15.1. The van der Waals surface area contributed by atoms with E-state index in [2.05, 4.69) is 10.4 Å². The molecule has 4 nitrogen and oxygen atoms in total. The Morgan fingerprint density at radius 3 is 2.70 bits per heavy atom. The van der Waals surface area contributed by atoms with E-state index >= 15 is 0 Å². The summed E-state index contributed by atoms with van der Waals surface area (Å²) in [7, 11) is 0. The Labute approximate surface area is 153 Å². The van der Waals surface area contributed by atoms with Gasteiger partial charge in [0.25, 0.3) is 0 Å². The maximum absolute atomic E-state index is 12.4. The van der Waals surface area contributed by atoms with E-state index in [1.54, 1.807) is 29.9 Å². The summed E-state index contributed by atoms with van der Waals surface area (Å²) in [4.78, 5) is 12.4. The summed E-state index contributed by atoms with van der Waals surface area (Å²) in [6, 6.07) is 7.08. The first-order valence-electron chi connectivity index (χ1n) is 6.88. The molecule has 0 aliphatic heterocycles. The number of benzene rings is 1. The number of aromatic nitrogens is 2. The standard InChI is InChI=1S/C15H13Cl4N3O/c1-14(8-15(14,18)19)13(23)21-11-5-6-20-22(11)7-9-3-2-4-10(16)12(9)17/h2-6H,7-8H2,1H3,(H,21,23)/t14-/m1/s1. The highest BCUT2D eigenvalue weighted by molar-refractivity contribution is 6.53. The highest BCUT2D eigenvalue weighted by atomic mass is 35.5. The quantitative estimate of drug-likeness (QED) is 0.762. The van der Waals surface area contributed by atoms with Crippen LogP contribution in [0.15, 0.2) is 30.5 Å². The first-order valence-corrected chi connectivity index (χ1v) is 8.40. The third kappa shape index (κ3) is 3.05. The number of nitrogens with one attached hydrogen (secondary N) is 1. The number of alkyl halides is 2. The molecule has 1 fully saturated rings. The third-order valence-corrected chi connectivity index (χ3v) is 6.03. The summed E-state index contributed by atoms with van der Waals surface area (Å²) in [5, 5.41) is 7.97. The van der Waals surface area contributed by atoms with Crippen LogP contribution in [0.2, 0.25) is 10.0 Å². The highest BCUT2D eigenvalue weighted by Gasteiger charge is 2.68. The fraction of sp³-hybridized carbons (Fsp3) is 0.333. The van der Waals surface area contributed by atoms with Crippen LogP contribution in [-0.2, 0) is 11.3 Å². The largest absolute Gasteiger partial charge is 0.310 e. The molecule has 8 heteroatoms. The number of hydrogen-bond acceptors (Lipinski definition) is 2. The molecule has 3 rings (SSSR count). The lowest BCUT2D eigenvalue weighted by Crippen LogP contribution is -2.27. The highest BCUT2D eigenvalue weighted by Crippen LogP contribution is 2.64. The molecule has 23 heavy (non-hydrogen) atoms. The fourth-order valence-electron chi connectivity index (χ4n) is 2.30. The second-order valence-electron chi connectivity index (χ2n) is 5.75. The molecule has 1 aliphatic carbocycles. The van der Waals surface area contributed by atoms with E-state index < -0.39 is 9.75 Å². The van der Waals surface area contributed by atoms with Crippen LogP contribution in [0.3, 0.4) is 0 Å². The van der Waals surface area contributed by atoms with Crippen molar-refractivity contribution in [2.45, 2.75) is 24.2 Å². The Balaban J connectivity index is 1.78. The Hall–Kier alpha value is -0.940. The number of carbonyl (C=O) groups excluding carboxylic acids is 1. The predicted octanol–water partition coefficient (Wildman–Crippen LogP) is 4.76. The molecule has 0 spiro atoms. The van der Waals surface area contributed by atoms with Crippen LogP contribution in [0.5, 0.6) is 0 Å². The van der Waals surface area contributed by atoms with Crippen LogP contribution in [0, 0.1) is 5.41 Å². The molecule has 1 atom stereocenters. The number of hydrogen-bond donors (Lipinski definition) is 1. The van der Waals surface area contributed by atoms with Crippen molar-refractivity contribution >= 4 is 58.1 Å². The van der Waals surface area contributed by atoms with Gasteiger partial charge in [-0.05, 0) is 25.0 Å². The van der Waals surface area contributed by atoms with E-state index in [0.717, 1.165) is 5.56 Å². The molecule has 1 aromatic heterocycles. The number of halogens is 4. The van der Waals surface area contributed by atoms with Crippen LogP contribution < -0.4 is 5.32 Å². The SMILES string of the molecule is C[C@]1(C(=O)Nc2ccnn2Cc2cccc(Cl)c2Cl)CC1(Cl)Cl. The van der Waals surface area contributed by atoms with Gasteiger partial charge < -0.3 is 5.32 Å². The fourth-order valence-corrected chi connectivity index (χ4v) is 3.38. The molecule has 1 N–H and O–H groups in total. The third-order valence-electron chi connectivity index (χ3n) is 4.07. The van der Waals surface area contributed by atoms with Gasteiger partial charge in [-0.1, -0.05) is 35.3 Å². The predicted molar refractivity (Wildman–Crippen MR) is 93.6 cm³/mol. The van der Waals surface area contributed by atoms with Crippen LogP contribution in [0.1, 0.15) is 18.9 Å². The van der Waals surface area contributed by atoms with E-state index in [4.69, 9.17) is 46.4 Å². The van der Waals surface area contributed by atoms with Gasteiger partial charge in [-0.3, -0.25) is 4.79 Å². The summed E-state index contributed by atoms with van der Waals surface area (Å²) < 4.78 is 0.615.